The molecule has 0 atom stereocenters. The van der Waals surface area contributed by atoms with Gasteiger partial charge in [-0.3, -0.25) is 47.5 Å². The molecule has 0 unspecified atom stereocenters. The molecule has 0 bridgehead atoms. The van der Waals surface area contributed by atoms with Crippen molar-refractivity contribution in [1.82, 2.24) is 102 Å². The highest BCUT2D eigenvalue weighted by Crippen LogP contribution is 2.49. The lowest BCUT2D eigenvalue weighted by atomic mass is 10.1. The molecule has 0 radical (unpaired) electrons. The number of alkyl halides is 21. The van der Waals surface area contributed by atoms with Crippen LogP contribution in [0.15, 0.2) is 287 Å². The molecule has 24 rings (SSSR count). The Hall–Kier alpha value is -18.6. The zero-order valence-corrected chi connectivity index (χ0v) is 75.6. The summed E-state index contributed by atoms with van der Waals surface area (Å²) in [6, 6.07) is 43.9. The number of ether oxygens (including phenoxy) is 5. The number of benzene rings is 5. The van der Waals surface area contributed by atoms with Crippen molar-refractivity contribution >= 4 is 85.6 Å². The van der Waals surface area contributed by atoms with Crippen LogP contribution < -0.4 is 50.3 Å². The predicted molar refractivity (Wildman–Crippen MR) is 496 cm³/mol. The molecule has 31 nitrogen and oxygen atoms in total. The SMILES string of the molecule is FC(F)(F)c1ccc(Nc2cncc(-c3c(C(F)(F)F)nc4cnccn34)n2)cc1.FC(F)(F)c1ccc(Nc2cncc(-c3cccc4nc(C5CC5)cn34)n2)cc1.FC(F)Oc1ccc(Nc2cncc(-c3cccc4nc(C5CC5)cn34)n2)cc1.FC1(F)Oc2ccc(Nc3cncc(-c4c(C(F)(F)F)nc5ccccn45)n3)cc2O1.FC1(F)Oc2ccc(Nc3cncc(-c4c(C(F)(F)F)nn5ccccc45)n3)cc2O1. The smallest absolute Gasteiger partial charge is 0.435 e. The van der Waals surface area contributed by atoms with Crippen LogP contribution in [-0.4, -0.2) is 121 Å². The van der Waals surface area contributed by atoms with Gasteiger partial charge in [-0.15, -0.1) is 17.6 Å². The van der Waals surface area contributed by atoms with Crippen LogP contribution in [0.3, 0.4) is 0 Å². The van der Waals surface area contributed by atoms with E-state index in [1.54, 1.807) is 55.0 Å². The van der Waals surface area contributed by atoms with E-state index in [4.69, 9.17) is 4.98 Å². The summed E-state index contributed by atoms with van der Waals surface area (Å²) in [7, 11) is 0. The average molecular weight is 2080 g/mol. The third-order valence-electron chi connectivity index (χ3n) is 22.4. The van der Waals surface area contributed by atoms with Gasteiger partial charge in [0.1, 0.15) is 85.9 Å². The number of rotatable bonds is 19. The van der Waals surface area contributed by atoms with Gasteiger partial charge in [-0.1, -0.05) is 24.3 Å². The van der Waals surface area contributed by atoms with Crippen molar-refractivity contribution in [3.63, 3.8) is 0 Å². The van der Waals surface area contributed by atoms with Crippen LogP contribution in [0.2, 0.25) is 0 Å². The number of imidazole rings is 4. The van der Waals surface area contributed by atoms with Crippen molar-refractivity contribution in [2.45, 2.75) is 87.6 Å². The van der Waals surface area contributed by atoms with Crippen molar-refractivity contribution in [3.8, 4) is 85.6 Å². The number of nitrogens with one attached hydrogen (secondary N) is 5. The molecular formula is C98H63F21N26O5. The van der Waals surface area contributed by atoms with Crippen LogP contribution in [-0.2, 0) is 30.9 Å². The van der Waals surface area contributed by atoms with E-state index in [0.29, 0.717) is 57.6 Å². The fraction of sp³-hybridized carbons (Fsp3) is 0.143. The maximum Gasteiger partial charge on any atom is 0.586 e. The van der Waals surface area contributed by atoms with Crippen molar-refractivity contribution in [2.24, 2.45) is 0 Å². The molecule has 2 aliphatic heterocycles. The molecule has 2 aliphatic carbocycles. The van der Waals surface area contributed by atoms with Gasteiger partial charge in [-0.25, -0.2) is 49.4 Å². The molecule has 2 fully saturated rings. The Morgan fingerprint density at radius 1 is 0.327 bits per heavy atom. The van der Waals surface area contributed by atoms with Crippen molar-refractivity contribution < 1.29 is 116 Å². The fourth-order valence-corrected chi connectivity index (χ4v) is 15.6. The van der Waals surface area contributed by atoms with Crippen LogP contribution >= 0.6 is 0 Å². The lowest BCUT2D eigenvalue weighted by Gasteiger charge is -2.11. The second kappa shape index (κ2) is 39.4. The van der Waals surface area contributed by atoms with Crippen LogP contribution in [0.1, 0.15) is 77.1 Å². The minimum atomic E-state index is -4.75. The lowest BCUT2D eigenvalue weighted by molar-refractivity contribution is -0.287. The molecule has 2 saturated carbocycles. The summed E-state index contributed by atoms with van der Waals surface area (Å²) in [5.74, 6) is 1.75. The molecule has 4 aliphatic rings. The van der Waals surface area contributed by atoms with Gasteiger partial charge in [0.2, 0.25) is 0 Å². The number of nitrogens with zero attached hydrogens (tertiary/aromatic N) is 21. The second-order valence-electron chi connectivity index (χ2n) is 33.0. The first-order chi connectivity index (χ1) is 71.6. The topological polar surface area (TPSA) is 335 Å². The molecule has 5 aromatic carbocycles. The summed E-state index contributed by atoms with van der Waals surface area (Å²) in [4.78, 5) is 62.5. The third kappa shape index (κ3) is 22.4. The van der Waals surface area contributed by atoms with Crippen LogP contribution in [0.25, 0.3) is 84.9 Å². The van der Waals surface area contributed by atoms with E-state index in [0.717, 1.165) is 69.0 Å². The predicted octanol–water partition coefficient (Wildman–Crippen LogP) is 25.2. The summed E-state index contributed by atoms with van der Waals surface area (Å²) in [6.45, 7) is -2.84. The maximum absolute atomic E-state index is 13.6. The summed E-state index contributed by atoms with van der Waals surface area (Å²) < 4.78 is 305. The molecule has 0 spiro atoms. The Labute approximate surface area is 826 Å². The second-order valence-corrected chi connectivity index (χ2v) is 33.0. The zero-order chi connectivity index (χ0) is 105. The van der Waals surface area contributed by atoms with E-state index in [2.05, 4.69) is 131 Å². The largest absolute Gasteiger partial charge is 0.586 e. The van der Waals surface area contributed by atoms with Gasteiger partial charge in [0.15, 0.2) is 45.7 Å². The summed E-state index contributed by atoms with van der Waals surface area (Å²) in [5, 5.41) is 18.1. The van der Waals surface area contributed by atoms with Gasteiger partial charge in [0.05, 0.1) is 119 Å². The molecule has 762 valence electrons. The highest BCUT2D eigenvalue weighted by molar-refractivity contribution is 5.82. The molecule has 15 aromatic heterocycles. The number of anilines is 10. The number of pyridine rings is 4. The van der Waals surface area contributed by atoms with Crippen molar-refractivity contribution in [1.29, 1.82) is 0 Å². The molecule has 150 heavy (non-hydrogen) atoms. The summed E-state index contributed by atoms with van der Waals surface area (Å²) in [6.07, 6.45) is -1.29. The molecule has 5 N–H and O–H groups in total. The lowest BCUT2D eigenvalue weighted by Crippen LogP contribution is -2.25. The highest BCUT2D eigenvalue weighted by atomic mass is 19.4. The van der Waals surface area contributed by atoms with Crippen LogP contribution in [0.5, 0.6) is 28.7 Å². The van der Waals surface area contributed by atoms with Gasteiger partial charge < -0.3 is 50.3 Å². The van der Waals surface area contributed by atoms with Crippen LogP contribution in [0.4, 0.5) is 150 Å². The summed E-state index contributed by atoms with van der Waals surface area (Å²) >= 11 is 0. The normalized spacial score (nSPS) is 14.0. The quantitative estimate of drug-likeness (QED) is 0.0470. The van der Waals surface area contributed by atoms with Gasteiger partial charge in [0, 0.05) is 89.6 Å². The molecule has 0 saturated heterocycles. The summed E-state index contributed by atoms with van der Waals surface area (Å²) in [5.41, 5.74) is 3.37. The zero-order valence-electron chi connectivity index (χ0n) is 75.6. The molecule has 52 heteroatoms. The monoisotopic (exact) mass is 2080 g/mol. The Balaban J connectivity index is 0.000000113. The van der Waals surface area contributed by atoms with Gasteiger partial charge in [0.25, 0.3) is 0 Å². The third-order valence-corrected chi connectivity index (χ3v) is 22.4. The minimum Gasteiger partial charge on any atom is -0.435 e. The van der Waals surface area contributed by atoms with Crippen molar-refractivity contribution in [2.75, 3.05) is 26.6 Å². The standard InChI is InChI=1S/C21H16F3N5.C21H17F2N5O.2C19H10F5N5O2.C18H10F6N6/c22-21(23,24)14-6-8-15(9-7-14)26-19-11-25-10-16(27-19)18-2-1-3-20-28-17(12-29(18)20)13-4-5-13;22-21(23)29-15-8-6-14(7-9-15)25-19-11-24-10-16(26-19)18-2-1-3-20-27-17(12-28(18)20)13-4-5-13;20-18(21,22)17-16(29-6-2-1-3-15(29)28-17)11-8-25-9-14(27-11)26-10-4-5-12-13(7-10)31-19(23,24)30-12;20-18(21,22)17-16(12-3-1-2-6-29(12)28-17)11-8-25-9-15(27-11)26-10-4-5-13-14(7-10)31-19(23,24)30-13;19-17(20,21)10-1-3-11(4-2-10)27-13-8-26-7-12(28-13)15-16(18(22,23)24)29-14-9-25-5-6-30(14)15/h1-3,6-13H,4-5H2,(H,26,27);1-3,6-13,21H,4-5H2,(H,25,26);2*1-9H,(H,26,27);1-9H,(H,27,28). The fourth-order valence-electron chi connectivity index (χ4n) is 15.6. The van der Waals surface area contributed by atoms with Gasteiger partial charge >= 0.3 is 50.1 Å². The number of hydrogen-bond donors (Lipinski definition) is 5. The van der Waals surface area contributed by atoms with Crippen LogP contribution in [0, 0.1) is 0 Å². The first kappa shape index (κ1) is 98.8. The Bertz CT molecular complexity index is 8190. The van der Waals surface area contributed by atoms with E-state index in [1.807, 2.05) is 51.4 Å². The minimum absolute atomic E-state index is 0.0253. The molecule has 17 heterocycles. The first-order valence-corrected chi connectivity index (χ1v) is 44.3. The Kier molecular flexibility index (Phi) is 26.0. The van der Waals surface area contributed by atoms with Gasteiger partial charge in [-0.05, 0) is 171 Å². The number of fused-ring (bicyclic) bond motifs is 7. The number of aromatic nitrogens is 21. The van der Waals surface area contributed by atoms with E-state index in [9.17, 15) is 92.2 Å². The number of halogens is 21. The van der Waals surface area contributed by atoms with E-state index >= 15 is 0 Å². The van der Waals surface area contributed by atoms with E-state index in [1.165, 1.54) is 188 Å². The molecule has 20 aromatic rings. The van der Waals surface area contributed by atoms with E-state index < -0.39 is 78.3 Å². The van der Waals surface area contributed by atoms with Crippen molar-refractivity contribution in [3.05, 3.63) is 327 Å². The van der Waals surface area contributed by atoms with E-state index in [-0.39, 0.29) is 103 Å². The van der Waals surface area contributed by atoms with Gasteiger partial charge in [-0.2, -0.15) is 79.7 Å². The average Bonchev–Trinajstić information content (AvgIpc) is 1.61. The number of hydrogen-bond acceptors (Lipinski definition) is 26. The molecule has 0 amide bonds. The Morgan fingerprint density at radius 3 is 1.14 bits per heavy atom. The maximum atomic E-state index is 13.6. The first-order valence-electron chi connectivity index (χ1n) is 44.3. The Morgan fingerprint density at radius 2 is 0.700 bits per heavy atom. The molecular weight excluding hydrogens is 2020 g/mol. The highest BCUT2D eigenvalue weighted by Gasteiger charge is 2.47.